The van der Waals surface area contributed by atoms with Crippen LogP contribution in [0.5, 0.6) is 5.75 Å². The van der Waals surface area contributed by atoms with Gasteiger partial charge < -0.3 is 9.15 Å². The quantitative estimate of drug-likeness (QED) is 0.469. The van der Waals surface area contributed by atoms with Crippen molar-refractivity contribution in [2.75, 3.05) is 13.7 Å². The Morgan fingerprint density at radius 2 is 2.14 bits per heavy atom. The summed E-state index contributed by atoms with van der Waals surface area (Å²) in [6.45, 7) is 1.70. The van der Waals surface area contributed by atoms with Crippen molar-refractivity contribution in [1.82, 2.24) is 9.88 Å². The van der Waals surface area contributed by atoms with Gasteiger partial charge in [-0.2, -0.15) is 0 Å². The van der Waals surface area contributed by atoms with Crippen LogP contribution in [0.15, 0.2) is 57.7 Å². The second kappa shape index (κ2) is 7.04. The monoisotopic (exact) mass is 392 g/mol. The van der Waals surface area contributed by atoms with Crippen LogP contribution in [0.3, 0.4) is 0 Å². The molecule has 1 saturated heterocycles. The molecule has 1 fully saturated rings. The smallest absolute Gasteiger partial charge is 0.336 e. The highest BCUT2D eigenvalue weighted by atomic mass is 32.1. The number of methoxy groups -OCH3 is 1. The van der Waals surface area contributed by atoms with Crippen molar-refractivity contribution >= 4 is 32.5 Å². The van der Waals surface area contributed by atoms with E-state index in [0.717, 1.165) is 40.9 Å². The molecule has 0 saturated carbocycles. The molecule has 1 unspecified atom stereocenters. The van der Waals surface area contributed by atoms with Gasteiger partial charge in [0.05, 0.1) is 23.4 Å². The van der Waals surface area contributed by atoms with Crippen molar-refractivity contribution in [2.45, 2.75) is 25.4 Å². The molecule has 0 radical (unpaired) electrons. The zero-order valence-electron chi connectivity index (χ0n) is 15.6. The van der Waals surface area contributed by atoms with E-state index in [1.165, 1.54) is 4.70 Å². The summed E-state index contributed by atoms with van der Waals surface area (Å²) in [7, 11) is 1.61. The van der Waals surface area contributed by atoms with Gasteiger partial charge in [-0.05, 0) is 49.2 Å². The molecule has 0 spiro atoms. The van der Waals surface area contributed by atoms with E-state index in [2.05, 4.69) is 23.1 Å². The Morgan fingerprint density at radius 1 is 1.25 bits per heavy atom. The van der Waals surface area contributed by atoms with E-state index < -0.39 is 0 Å². The molecule has 142 valence electrons. The third-order valence-electron chi connectivity index (χ3n) is 5.37. The Hall–Kier alpha value is -2.70. The lowest BCUT2D eigenvalue weighted by molar-refractivity contribution is 0.248. The fraction of sp³-hybridized carbons (Fsp3) is 0.273. The number of ether oxygens (including phenoxy) is 1. The third-order valence-corrected chi connectivity index (χ3v) is 6.51. The second-order valence-electron chi connectivity index (χ2n) is 7.10. The second-order valence-corrected chi connectivity index (χ2v) is 8.16. The van der Waals surface area contributed by atoms with Gasteiger partial charge in [-0.15, -0.1) is 11.3 Å². The van der Waals surface area contributed by atoms with Gasteiger partial charge in [-0.1, -0.05) is 12.1 Å². The van der Waals surface area contributed by atoms with E-state index in [9.17, 15) is 4.79 Å². The lowest BCUT2D eigenvalue weighted by Gasteiger charge is -2.23. The standard InChI is InChI=1S/C22H20N2O3S/c1-26-15-8-9-16-14(11-21(25)27-19(16)12-15)13-24-10-4-6-18(24)22-23-17-5-2-3-7-20(17)28-22/h2-3,5,7-9,11-12,18H,4,6,10,13H2,1H3. The molecule has 2 aromatic carbocycles. The minimum absolute atomic E-state index is 0.290. The van der Waals surface area contributed by atoms with Crippen LogP contribution < -0.4 is 10.4 Å². The van der Waals surface area contributed by atoms with Crippen molar-refractivity contribution < 1.29 is 9.15 Å². The van der Waals surface area contributed by atoms with Crippen LogP contribution in [-0.2, 0) is 6.54 Å². The van der Waals surface area contributed by atoms with Crippen LogP contribution >= 0.6 is 11.3 Å². The van der Waals surface area contributed by atoms with Gasteiger partial charge in [0, 0.05) is 24.1 Å². The van der Waals surface area contributed by atoms with Crippen LogP contribution in [0.1, 0.15) is 29.5 Å². The Balaban J connectivity index is 1.50. The molecule has 28 heavy (non-hydrogen) atoms. The maximum absolute atomic E-state index is 12.1. The van der Waals surface area contributed by atoms with Crippen LogP contribution in [0, 0.1) is 0 Å². The molecule has 0 amide bonds. The molecule has 1 atom stereocenters. The van der Waals surface area contributed by atoms with E-state index in [1.54, 1.807) is 30.6 Å². The zero-order valence-corrected chi connectivity index (χ0v) is 16.4. The van der Waals surface area contributed by atoms with Crippen LogP contribution in [0.2, 0.25) is 0 Å². The Labute approximate surface area is 166 Å². The van der Waals surface area contributed by atoms with Crippen molar-refractivity contribution in [3.05, 3.63) is 69.5 Å². The Morgan fingerprint density at radius 3 is 3.00 bits per heavy atom. The normalized spacial score (nSPS) is 17.5. The summed E-state index contributed by atoms with van der Waals surface area (Å²) in [5.74, 6) is 0.682. The summed E-state index contributed by atoms with van der Waals surface area (Å²) in [6, 6.07) is 15.8. The highest BCUT2D eigenvalue weighted by Crippen LogP contribution is 2.37. The van der Waals surface area contributed by atoms with Gasteiger partial charge in [-0.3, -0.25) is 4.90 Å². The Kier molecular flexibility index (Phi) is 4.37. The molecule has 0 N–H and O–H groups in total. The first kappa shape index (κ1) is 17.4. The van der Waals surface area contributed by atoms with E-state index in [4.69, 9.17) is 14.1 Å². The van der Waals surface area contributed by atoms with Gasteiger partial charge in [0.25, 0.3) is 0 Å². The van der Waals surface area contributed by atoms with Crippen LogP contribution in [0.25, 0.3) is 21.2 Å². The average molecular weight is 392 g/mol. The van der Waals surface area contributed by atoms with E-state index in [0.29, 0.717) is 17.9 Å². The van der Waals surface area contributed by atoms with Crippen molar-refractivity contribution in [3.8, 4) is 5.75 Å². The molecular formula is C22H20N2O3S. The molecule has 5 nitrogen and oxygen atoms in total. The maximum Gasteiger partial charge on any atom is 0.336 e. The lowest BCUT2D eigenvalue weighted by atomic mass is 10.1. The number of aromatic nitrogens is 1. The van der Waals surface area contributed by atoms with Gasteiger partial charge in [0.15, 0.2) is 0 Å². The molecule has 2 aromatic heterocycles. The first-order valence-electron chi connectivity index (χ1n) is 9.41. The number of benzene rings is 2. The zero-order chi connectivity index (χ0) is 19.1. The van der Waals surface area contributed by atoms with Crippen molar-refractivity contribution in [3.63, 3.8) is 0 Å². The highest BCUT2D eigenvalue weighted by molar-refractivity contribution is 7.18. The van der Waals surface area contributed by atoms with Gasteiger partial charge in [0.1, 0.15) is 16.3 Å². The van der Waals surface area contributed by atoms with E-state index in [-0.39, 0.29) is 11.7 Å². The van der Waals surface area contributed by atoms with Crippen LogP contribution in [0.4, 0.5) is 0 Å². The van der Waals surface area contributed by atoms with Gasteiger partial charge in [-0.25, -0.2) is 9.78 Å². The van der Waals surface area contributed by atoms with E-state index in [1.807, 2.05) is 18.2 Å². The predicted molar refractivity (Wildman–Crippen MR) is 111 cm³/mol. The Bertz CT molecular complexity index is 1180. The number of likely N-dealkylation sites (tertiary alicyclic amines) is 1. The maximum atomic E-state index is 12.1. The molecule has 0 bridgehead atoms. The minimum Gasteiger partial charge on any atom is -0.497 e. The summed E-state index contributed by atoms with van der Waals surface area (Å²) in [5.41, 5.74) is 2.29. The van der Waals surface area contributed by atoms with Crippen molar-refractivity contribution in [2.24, 2.45) is 0 Å². The fourth-order valence-electron chi connectivity index (χ4n) is 4.01. The fourth-order valence-corrected chi connectivity index (χ4v) is 5.15. The molecular weight excluding hydrogens is 372 g/mol. The largest absolute Gasteiger partial charge is 0.497 e. The molecule has 6 heteroatoms. The summed E-state index contributed by atoms with van der Waals surface area (Å²) < 4.78 is 11.9. The molecule has 5 rings (SSSR count). The lowest BCUT2D eigenvalue weighted by Crippen LogP contribution is -2.23. The van der Waals surface area contributed by atoms with Gasteiger partial charge in [0.2, 0.25) is 0 Å². The number of rotatable bonds is 4. The number of fused-ring (bicyclic) bond motifs is 2. The van der Waals surface area contributed by atoms with Crippen molar-refractivity contribution in [1.29, 1.82) is 0 Å². The summed E-state index contributed by atoms with van der Waals surface area (Å²) in [5, 5.41) is 2.11. The first-order valence-corrected chi connectivity index (χ1v) is 10.2. The molecule has 1 aliphatic rings. The number of hydrogen-bond donors (Lipinski definition) is 0. The number of thiazole rings is 1. The minimum atomic E-state index is -0.327. The average Bonchev–Trinajstić information content (AvgIpc) is 3.33. The molecule has 0 aliphatic carbocycles. The number of hydrogen-bond acceptors (Lipinski definition) is 6. The predicted octanol–water partition coefficient (Wildman–Crippen LogP) is 4.75. The summed E-state index contributed by atoms with van der Waals surface area (Å²) >= 11 is 1.77. The van der Waals surface area contributed by atoms with E-state index >= 15 is 0 Å². The van der Waals surface area contributed by atoms with Gasteiger partial charge >= 0.3 is 5.63 Å². The number of para-hydroxylation sites is 1. The summed E-state index contributed by atoms with van der Waals surface area (Å²) in [4.78, 5) is 19.4. The third kappa shape index (κ3) is 3.08. The topological polar surface area (TPSA) is 55.6 Å². The first-order chi connectivity index (χ1) is 13.7. The SMILES string of the molecule is COc1ccc2c(CN3CCCC3c3nc4ccccc4s3)cc(=O)oc2c1. The number of nitrogens with zero attached hydrogens (tertiary/aromatic N) is 2. The summed E-state index contributed by atoms with van der Waals surface area (Å²) in [6.07, 6.45) is 2.22. The highest BCUT2D eigenvalue weighted by Gasteiger charge is 2.29. The molecule has 1 aliphatic heterocycles. The van der Waals surface area contributed by atoms with Crippen LogP contribution in [-0.4, -0.2) is 23.5 Å². The molecule has 4 aromatic rings. The molecule has 3 heterocycles.